The summed E-state index contributed by atoms with van der Waals surface area (Å²) in [6.45, 7) is 6.38. The minimum absolute atomic E-state index is 0.157. The van der Waals surface area contributed by atoms with Gasteiger partial charge in [0.1, 0.15) is 0 Å². The molecule has 1 fully saturated rings. The van der Waals surface area contributed by atoms with Crippen LogP contribution in [0.25, 0.3) is 0 Å². The van der Waals surface area contributed by atoms with E-state index in [2.05, 4.69) is 30.4 Å². The molecular formula is C20H26N2O2S. The Morgan fingerprint density at radius 2 is 2.12 bits per heavy atom. The fourth-order valence-corrected chi connectivity index (χ4v) is 4.24. The lowest BCUT2D eigenvalue weighted by Gasteiger charge is -2.38. The Labute approximate surface area is 153 Å². The third-order valence-corrected chi connectivity index (χ3v) is 5.67. The fraction of sp³-hybridized carbons (Fsp3) is 0.450. The second-order valence-corrected chi connectivity index (χ2v) is 8.34. The molecule has 2 heterocycles. The molecule has 1 saturated heterocycles. The van der Waals surface area contributed by atoms with Crippen molar-refractivity contribution in [2.45, 2.75) is 45.4 Å². The van der Waals surface area contributed by atoms with Gasteiger partial charge in [-0.2, -0.15) is 0 Å². The van der Waals surface area contributed by atoms with Gasteiger partial charge in [0.15, 0.2) is 5.60 Å². The first-order valence-corrected chi connectivity index (χ1v) is 9.61. The van der Waals surface area contributed by atoms with Crippen LogP contribution in [0.3, 0.4) is 0 Å². The lowest BCUT2D eigenvalue weighted by molar-refractivity contribution is -0.157. The maximum atomic E-state index is 12.8. The summed E-state index contributed by atoms with van der Waals surface area (Å²) in [5, 5.41) is 14.1. The van der Waals surface area contributed by atoms with Crippen molar-refractivity contribution in [3.05, 3.63) is 57.3 Å². The number of nitrogens with zero attached hydrogens (tertiary/aromatic N) is 1. The number of aryl methyl sites for hydroxylation is 2. The van der Waals surface area contributed by atoms with E-state index in [-0.39, 0.29) is 5.91 Å². The summed E-state index contributed by atoms with van der Waals surface area (Å²) < 4.78 is 0. The number of carbonyl (C=O) groups excluding carboxylic acids is 1. The summed E-state index contributed by atoms with van der Waals surface area (Å²) in [7, 11) is 0. The predicted molar refractivity (Wildman–Crippen MR) is 102 cm³/mol. The molecule has 3 rings (SSSR count). The van der Waals surface area contributed by atoms with Crippen LogP contribution in [0, 0.1) is 13.8 Å². The van der Waals surface area contributed by atoms with E-state index in [1.54, 1.807) is 16.2 Å². The summed E-state index contributed by atoms with van der Waals surface area (Å²) >= 11 is 1.74. The third kappa shape index (κ3) is 4.48. The molecule has 1 aliphatic rings. The average Bonchev–Trinajstić information content (AvgIpc) is 2.98. The van der Waals surface area contributed by atoms with Gasteiger partial charge in [-0.3, -0.25) is 4.79 Å². The Morgan fingerprint density at radius 1 is 1.28 bits per heavy atom. The van der Waals surface area contributed by atoms with Gasteiger partial charge in [0.2, 0.25) is 0 Å². The van der Waals surface area contributed by atoms with E-state index in [0.717, 1.165) is 12.0 Å². The van der Waals surface area contributed by atoms with Crippen LogP contribution in [0.5, 0.6) is 0 Å². The molecule has 134 valence electrons. The highest BCUT2D eigenvalue weighted by Gasteiger charge is 2.41. The number of likely N-dealkylation sites (tertiary alicyclic amines) is 1. The van der Waals surface area contributed by atoms with Gasteiger partial charge in [-0.25, -0.2) is 0 Å². The Balaban J connectivity index is 1.59. The molecule has 0 saturated carbocycles. The minimum atomic E-state index is -1.30. The normalized spacial score (nSPS) is 20.9. The highest BCUT2D eigenvalue weighted by molar-refractivity contribution is 7.11. The highest BCUT2D eigenvalue weighted by Crippen LogP contribution is 2.24. The molecule has 1 aromatic carbocycles. The molecule has 1 aliphatic heterocycles. The molecule has 0 aliphatic carbocycles. The molecule has 0 radical (unpaired) electrons. The Morgan fingerprint density at radius 3 is 2.84 bits per heavy atom. The molecule has 1 atom stereocenters. The van der Waals surface area contributed by atoms with Crippen molar-refractivity contribution >= 4 is 17.2 Å². The van der Waals surface area contributed by atoms with E-state index in [4.69, 9.17) is 0 Å². The Bertz CT molecular complexity index is 743. The summed E-state index contributed by atoms with van der Waals surface area (Å²) in [5.41, 5.74) is 0.999. The molecule has 1 aromatic heterocycles. The number of hydrogen-bond donors (Lipinski definition) is 2. The van der Waals surface area contributed by atoms with Crippen molar-refractivity contribution < 1.29 is 9.90 Å². The maximum absolute atomic E-state index is 12.8. The van der Waals surface area contributed by atoms with Gasteiger partial charge < -0.3 is 15.3 Å². The Kier molecular flexibility index (Phi) is 5.57. The standard InChI is InChI=1S/C20H26N2O2S/c1-15-5-3-6-17(11-15)13-22-10-4-9-20(24,19(22)23)14-21-12-18-8-7-16(2)25-18/h3,5-8,11,21,24H,4,9-10,12-14H2,1-2H3. The number of benzene rings is 1. The number of hydrogen-bond acceptors (Lipinski definition) is 4. The van der Waals surface area contributed by atoms with E-state index in [1.165, 1.54) is 15.3 Å². The topological polar surface area (TPSA) is 52.6 Å². The van der Waals surface area contributed by atoms with Crippen molar-refractivity contribution in [3.63, 3.8) is 0 Å². The van der Waals surface area contributed by atoms with Crippen LogP contribution in [-0.2, 0) is 17.9 Å². The monoisotopic (exact) mass is 358 g/mol. The van der Waals surface area contributed by atoms with Gasteiger partial charge in [0, 0.05) is 35.9 Å². The second kappa shape index (κ2) is 7.68. The first-order chi connectivity index (χ1) is 12.0. The van der Waals surface area contributed by atoms with Gasteiger partial charge in [-0.15, -0.1) is 11.3 Å². The zero-order valence-corrected chi connectivity index (χ0v) is 15.7. The van der Waals surface area contributed by atoms with Crippen LogP contribution in [0.4, 0.5) is 0 Å². The largest absolute Gasteiger partial charge is 0.379 e. The number of piperidine rings is 1. The fourth-order valence-electron chi connectivity index (χ4n) is 3.38. The van der Waals surface area contributed by atoms with E-state index in [9.17, 15) is 9.90 Å². The average molecular weight is 359 g/mol. The van der Waals surface area contributed by atoms with Gasteiger partial charge in [0.25, 0.3) is 5.91 Å². The first kappa shape index (κ1) is 18.1. The molecule has 0 spiro atoms. The SMILES string of the molecule is Cc1cccc(CN2CCCC(O)(CNCc3ccc(C)s3)C2=O)c1. The van der Waals surface area contributed by atoms with Crippen molar-refractivity contribution in [1.29, 1.82) is 0 Å². The Hall–Kier alpha value is -1.69. The maximum Gasteiger partial charge on any atom is 0.256 e. The molecular weight excluding hydrogens is 332 g/mol. The van der Waals surface area contributed by atoms with E-state index >= 15 is 0 Å². The summed E-state index contributed by atoms with van der Waals surface area (Å²) in [4.78, 5) is 17.1. The summed E-state index contributed by atoms with van der Waals surface area (Å²) in [6.07, 6.45) is 1.35. The quantitative estimate of drug-likeness (QED) is 0.835. The number of carbonyl (C=O) groups is 1. The highest BCUT2D eigenvalue weighted by atomic mass is 32.1. The molecule has 5 heteroatoms. The summed E-state index contributed by atoms with van der Waals surface area (Å²) in [6, 6.07) is 12.4. The number of rotatable bonds is 6. The van der Waals surface area contributed by atoms with Crippen LogP contribution in [0.15, 0.2) is 36.4 Å². The van der Waals surface area contributed by atoms with Crippen LogP contribution in [0.1, 0.15) is 33.7 Å². The van der Waals surface area contributed by atoms with E-state index in [1.807, 2.05) is 25.1 Å². The van der Waals surface area contributed by atoms with Crippen molar-refractivity contribution in [1.82, 2.24) is 10.2 Å². The number of aliphatic hydroxyl groups is 1. The molecule has 2 N–H and O–H groups in total. The first-order valence-electron chi connectivity index (χ1n) is 8.80. The molecule has 25 heavy (non-hydrogen) atoms. The number of nitrogens with one attached hydrogen (secondary N) is 1. The van der Waals surface area contributed by atoms with Crippen molar-refractivity contribution in [2.24, 2.45) is 0 Å². The molecule has 1 unspecified atom stereocenters. The number of thiophene rings is 1. The molecule has 4 nitrogen and oxygen atoms in total. The van der Waals surface area contributed by atoms with Gasteiger partial charge >= 0.3 is 0 Å². The third-order valence-electron chi connectivity index (χ3n) is 4.67. The molecule has 0 bridgehead atoms. The van der Waals surface area contributed by atoms with Crippen LogP contribution in [0.2, 0.25) is 0 Å². The van der Waals surface area contributed by atoms with Crippen molar-refractivity contribution in [3.8, 4) is 0 Å². The number of amides is 1. The van der Waals surface area contributed by atoms with Crippen LogP contribution in [-0.4, -0.2) is 34.6 Å². The van der Waals surface area contributed by atoms with Crippen LogP contribution >= 0.6 is 11.3 Å². The zero-order chi connectivity index (χ0) is 17.9. The molecule has 1 amide bonds. The van der Waals surface area contributed by atoms with Gasteiger partial charge in [-0.05, 0) is 44.4 Å². The van der Waals surface area contributed by atoms with Crippen molar-refractivity contribution in [2.75, 3.05) is 13.1 Å². The van der Waals surface area contributed by atoms with E-state index < -0.39 is 5.60 Å². The smallest absolute Gasteiger partial charge is 0.256 e. The summed E-state index contributed by atoms with van der Waals surface area (Å²) in [5.74, 6) is -0.157. The predicted octanol–water partition coefficient (Wildman–Crippen LogP) is 3.01. The van der Waals surface area contributed by atoms with Gasteiger partial charge in [-0.1, -0.05) is 29.8 Å². The van der Waals surface area contributed by atoms with Gasteiger partial charge in [0.05, 0.1) is 0 Å². The van der Waals surface area contributed by atoms with E-state index in [0.29, 0.717) is 32.6 Å². The lowest BCUT2D eigenvalue weighted by atomic mass is 9.91. The molecule has 2 aromatic rings. The van der Waals surface area contributed by atoms with Crippen LogP contribution < -0.4 is 5.32 Å². The lowest BCUT2D eigenvalue weighted by Crippen LogP contribution is -2.57. The zero-order valence-electron chi connectivity index (χ0n) is 14.9. The second-order valence-electron chi connectivity index (χ2n) is 6.97. The minimum Gasteiger partial charge on any atom is -0.379 e.